The SMILES string of the molecule is CCN(C(=O)[C@H](C)N)[C@@H](C)Cc1ccc2c(c1)OCO2. The standard InChI is InChI=1S/C15H22N2O3/c1-4-17(15(18)11(3)16)10(2)7-12-5-6-13-14(8-12)20-9-19-13/h5-6,8,10-11H,4,7,9,16H2,1-3H3/t10-,11-/m0/s1. The van der Waals surface area contributed by atoms with Crippen LogP contribution in [0, 0.1) is 0 Å². The lowest BCUT2D eigenvalue weighted by Crippen LogP contribution is -2.47. The van der Waals surface area contributed by atoms with Crippen LogP contribution in [0.3, 0.4) is 0 Å². The van der Waals surface area contributed by atoms with Crippen molar-refractivity contribution in [2.45, 2.75) is 39.3 Å². The van der Waals surface area contributed by atoms with Gasteiger partial charge in [0, 0.05) is 12.6 Å². The summed E-state index contributed by atoms with van der Waals surface area (Å²) in [6.07, 6.45) is 0.767. The molecule has 0 spiro atoms. The Hall–Kier alpha value is -1.75. The molecule has 0 radical (unpaired) electrons. The van der Waals surface area contributed by atoms with E-state index in [1.54, 1.807) is 6.92 Å². The van der Waals surface area contributed by atoms with Crippen LogP contribution < -0.4 is 15.2 Å². The van der Waals surface area contributed by atoms with Crippen molar-refractivity contribution in [3.8, 4) is 11.5 Å². The Morgan fingerprint density at radius 1 is 1.35 bits per heavy atom. The van der Waals surface area contributed by atoms with Gasteiger partial charge in [-0.3, -0.25) is 4.79 Å². The van der Waals surface area contributed by atoms with Gasteiger partial charge >= 0.3 is 0 Å². The zero-order valence-electron chi connectivity index (χ0n) is 12.3. The Morgan fingerprint density at radius 3 is 2.70 bits per heavy atom. The first kappa shape index (κ1) is 14.7. The van der Waals surface area contributed by atoms with Crippen LogP contribution in [0.15, 0.2) is 18.2 Å². The number of amides is 1. The number of likely N-dealkylation sites (N-methyl/N-ethyl adjacent to an activating group) is 1. The first-order chi connectivity index (χ1) is 9.52. The van der Waals surface area contributed by atoms with E-state index in [1.165, 1.54) is 0 Å². The van der Waals surface area contributed by atoms with Gasteiger partial charge < -0.3 is 20.1 Å². The molecular weight excluding hydrogens is 256 g/mol. The van der Waals surface area contributed by atoms with Crippen molar-refractivity contribution in [2.24, 2.45) is 5.73 Å². The van der Waals surface area contributed by atoms with Crippen LogP contribution in [0.2, 0.25) is 0 Å². The molecule has 0 saturated heterocycles. The van der Waals surface area contributed by atoms with Crippen molar-refractivity contribution in [2.75, 3.05) is 13.3 Å². The topological polar surface area (TPSA) is 64.8 Å². The zero-order chi connectivity index (χ0) is 14.7. The Balaban J connectivity index is 2.06. The molecule has 0 aromatic heterocycles. The number of fused-ring (bicyclic) bond motifs is 1. The van der Waals surface area contributed by atoms with E-state index in [1.807, 2.05) is 36.9 Å². The Morgan fingerprint density at radius 2 is 2.05 bits per heavy atom. The number of hydrogen-bond donors (Lipinski definition) is 1. The van der Waals surface area contributed by atoms with E-state index in [4.69, 9.17) is 15.2 Å². The van der Waals surface area contributed by atoms with E-state index in [2.05, 4.69) is 0 Å². The molecule has 1 heterocycles. The third-order valence-corrected chi connectivity index (χ3v) is 3.51. The number of carbonyl (C=O) groups excluding carboxylic acids is 1. The highest BCUT2D eigenvalue weighted by atomic mass is 16.7. The second kappa shape index (κ2) is 6.13. The molecule has 1 amide bonds. The van der Waals surface area contributed by atoms with Gasteiger partial charge in [-0.2, -0.15) is 0 Å². The highest BCUT2D eigenvalue weighted by Gasteiger charge is 2.22. The molecular formula is C15H22N2O3. The number of ether oxygens (including phenoxy) is 2. The summed E-state index contributed by atoms with van der Waals surface area (Å²) in [5.74, 6) is 1.54. The minimum Gasteiger partial charge on any atom is -0.454 e. The van der Waals surface area contributed by atoms with E-state index in [9.17, 15) is 4.79 Å². The van der Waals surface area contributed by atoms with Gasteiger partial charge in [0.15, 0.2) is 11.5 Å². The fraction of sp³-hybridized carbons (Fsp3) is 0.533. The predicted molar refractivity (Wildman–Crippen MR) is 76.8 cm³/mol. The molecule has 5 heteroatoms. The number of nitrogens with zero attached hydrogens (tertiary/aromatic N) is 1. The Kier molecular flexibility index (Phi) is 4.49. The summed E-state index contributed by atoms with van der Waals surface area (Å²) < 4.78 is 10.7. The molecule has 1 aromatic rings. The van der Waals surface area contributed by atoms with Crippen LogP contribution in [-0.4, -0.2) is 36.2 Å². The lowest BCUT2D eigenvalue weighted by Gasteiger charge is -2.29. The van der Waals surface area contributed by atoms with E-state index in [0.29, 0.717) is 6.54 Å². The molecule has 1 aliphatic heterocycles. The average molecular weight is 278 g/mol. The zero-order valence-corrected chi connectivity index (χ0v) is 12.3. The maximum atomic E-state index is 12.0. The van der Waals surface area contributed by atoms with Crippen LogP contribution in [0.25, 0.3) is 0 Å². The summed E-state index contributed by atoms with van der Waals surface area (Å²) in [6.45, 7) is 6.66. The number of hydrogen-bond acceptors (Lipinski definition) is 4. The first-order valence-electron chi connectivity index (χ1n) is 6.97. The van der Waals surface area contributed by atoms with Crippen molar-refractivity contribution in [1.82, 2.24) is 4.90 Å². The summed E-state index contributed by atoms with van der Waals surface area (Å²) in [5.41, 5.74) is 6.81. The summed E-state index contributed by atoms with van der Waals surface area (Å²) in [4.78, 5) is 13.9. The fourth-order valence-electron chi connectivity index (χ4n) is 2.47. The molecule has 0 fully saturated rings. The molecule has 0 bridgehead atoms. The van der Waals surface area contributed by atoms with Crippen molar-refractivity contribution in [3.05, 3.63) is 23.8 Å². The average Bonchev–Trinajstić information content (AvgIpc) is 2.86. The Bertz CT molecular complexity index is 488. The van der Waals surface area contributed by atoms with Crippen molar-refractivity contribution >= 4 is 5.91 Å². The first-order valence-corrected chi connectivity index (χ1v) is 6.97. The van der Waals surface area contributed by atoms with Gasteiger partial charge in [0.1, 0.15) is 0 Å². The lowest BCUT2D eigenvalue weighted by molar-refractivity contribution is -0.133. The second-order valence-corrected chi connectivity index (χ2v) is 5.15. The maximum absolute atomic E-state index is 12.0. The largest absolute Gasteiger partial charge is 0.454 e. The van der Waals surface area contributed by atoms with E-state index >= 15 is 0 Å². The molecule has 2 rings (SSSR count). The smallest absolute Gasteiger partial charge is 0.239 e. The molecule has 0 unspecified atom stereocenters. The third-order valence-electron chi connectivity index (χ3n) is 3.51. The van der Waals surface area contributed by atoms with Crippen LogP contribution in [-0.2, 0) is 11.2 Å². The van der Waals surface area contributed by atoms with E-state index in [-0.39, 0.29) is 18.7 Å². The Labute approximate surface area is 119 Å². The van der Waals surface area contributed by atoms with E-state index < -0.39 is 6.04 Å². The quantitative estimate of drug-likeness (QED) is 0.887. The van der Waals surface area contributed by atoms with Gasteiger partial charge in [-0.1, -0.05) is 6.07 Å². The summed E-state index contributed by atoms with van der Waals surface area (Å²) in [7, 11) is 0. The van der Waals surface area contributed by atoms with Gasteiger partial charge in [-0.05, 0) is 44.9 Å². The number of benzene rings is 1. The summed E-state index contributed by atoms with van der Waals surface area (Å²) in [6, 6.07) is 5.53. The van der Waals surface area contributed by atoms with E-state index in [0.717, 1.165) is 23.5 Å². The molecule has 0 aliphatic carbocycles. The molecule has 5 nitrogen and oxygen atoms in total. The van der Waals surface area contributed by atoms with Gasteiger partial charge in [-0.25, -0.2) is 0 Å². The number of nitrogens with two attached hydrogens (primary N) is 1. The fourth-order valence-corrected chi connectivity index (χ4v) is 2.47. The van der Waals surface area contributed by atoms with Crippen molar-refractivity contribution in [3.63, 3.8) is 0 Å². The minimum absolute atomic E-state index is 0.0132. The van der Waals surface area contributed by atoms with Crippen LogP contribution in [0.1, 0.15) is 26.3 Å². The van der Waals surface area contributed by atoms with Crippen molar-refractivity contribution < 1.29 is 14.3 Å². The van der Waals surface area contributed by atoms with Crippen molar-refractivity contribution in [1.29, 1.82) is 0 Å². The molecule has 2 atom stereocenters. The summed E-state index contributed by atoms with van der Waals surface area (Å²) >= 11 is 0. The van der Waals surface area contributed by atoms with Crippen LogP contribution in [0.5, 0.6) is 11.5 Å². The lowest BCUT2D eigenvalue weighted by atomic mass is 10.0. The molecule has 1 aromatic carbocycles. The minimum atomic E-state index is -0.464. The number of rotatable bonds is 5. The predicted octanol–water partition coefficient (Wildman–Crippen LogP) is 1.54. The van der Waals surface area contributed by atoms with Crippen LogP contribution >= 0.6 is 0 Å². The normalized spacial score (nSPS) is 15.8. The highest BCUT2D eigenvalue weighted by Crippen LogP contribution is 2.32. The maximum Gasteiger partial charge on any atom is 0.239 e. The van der Waals surface area contributed by atoms with Gasteiger partial charge in [0.25, 0.3) is 0 Å². The highest BCUT2D eigenvalue weighted by molar-refractivity contribution is 5.81. The molecule has 0 saturated carbocycles. The van der Waals surface area contributed by atoms with Gasteiger partial charge in [-0.15, -0.1) is 0 Å². The third kappa shape index (κ3) is 3.04. The number of carbonyl (C=O) groups is 1. The van der Waals surface area contributed by atoms with Gasteiger partial charge in [0.2, 0.25) is 12.7 Å². The summed E-state index contributed by atoms with van der Waals surface area (Å²) in [5, 5.41) is 0. The second-order valence-electron chi connectivity index (χ2n) is 5.15. The molecule has 20 heavy (non-hydrogen) atoms. The molecule has 110 valence electrons. The monoisotopic (exact) mass is 278 g/mol. The van der Waals surface area contributed by atoms with Crippen LogP contribution in [0.4, 0.5) is 0 Å². The molecule has 2 N–H and O–H groups in total. The molecule has 1 aliphatic rings. The van der Waals surface area contributed by atoms with Gasteiger partial charge in [0.05, 0.1) is 6.04 Å².